The van der Waals surface area contributed by atoms with E-state index in [1.165, 1.54) is 0 Å². The van der Waals surface area contributed by atoms with Gasteiger partial charge in [-0.05, 0) is 18.9 Å². The molecule has 1 amide bonds. The van der Waals surface area contributed by atoms with Crippen LogP contribution in [0, 0.1) is 0 Å². The Hall–Kier alpha value is -1.55. The average Bonchev–Trinajstić information content (AvgIpc) is 2.18. The van der Waals surface area contributed by atoms with Gasteiger partial charge in [0.1, 0.15) is 0 Å². The fourth-order valence-electron chi connectivity index (χ4n) is 1.47. The van der Waals surface area contributed by atoms with Crippen molar-refractivity contribution in [2.45, 2.75) is 18.9 Å². The summed E-state index contributed by atoms with van der Waals surface area (Å²) in [6.07, 6.45) is -0.449. The Balaban J connectivity index is 2.72. The summed E-state index contributed by atoms with van der Waals surface area (Å²) in [6, 6.07) is 9.68. The first kappa shape index (κ1) is 11.5. The van der Waals surface area contributed by atoms with Gasteiger partial charge in [0.2, 0.25) is 0 Å². The summed E-state index contributed by atoms with van der Waals surface area (Å²) in [5, 5.41) is 11.1. The molecule has 15 heavy (non-hydrogen) atoms. The summed E-state index contributed by atoms with van der Waals surface area (Å²) >= 11 is 0. The number of nitrogens with two attached hydrogens (primary N) is 1. The average molecular weight is 208 g/mol. The second-order valence-electron chi connectivity index (χ2n) is 3.86. The molecule has 0 aromatic heterocycles. The fourth-order valence-corrected chi connectivity index (χ4v) is 1.47. The number of carboxylic acid groups (broad SMARTS) is 1. The number of carbonyl (C=O) groups is 1. The number of amides is 1. The molecule has 0 fully saturated rings. The van der Waals surface area contributed by atoms with E-state index in [2.05, 4.69) is 5.32 Å². The summed E-state index contributed by atoms with van der Waals surface area (Å²) in [6.45, 7) is 2.07. The lowest BCUT2D eigenvalue weighted by molar-refractivity contribution is 0.180. The predicted octanol–water partition coefficient (Wildman–Crippen LogP) is 1.21. The second kappa shape index (κ2) is 4.79. The van der Waals surface area contributed by atoms with Crippen molar-refractivity contribution in [3.8, 4) is 0 Å². The maximum absolute atomic E-state index is 10.6. The highest BCUT2D eigenvalue weighted by Gasteiger charge is 2.24. The third-order valence-electron chi connectivity index (χ3n) is 2.30. The Morgan fingerprint density at radius 3 is 2.53 bits per heavy atom. The Labute approximate surface area is 89.1 Å². The summed E-state index contributed by atoms with van der Waals surface area (Å²) < 4.78 is 0. The van der Waals surface area contributed by atoms with E-state index >= 15 is 0 Å². The van der Waals surface area contributed by atoms with E-state index in [1.807, 2.05) is 30.3 Å². The molecule has 1 rings (SSSR count). The van der Waals surface area contributed by atoms with Crippen LogP contribution in [0.15, 0.2) is 30.3 Å². The fraction of sp³-hybridized carbons (Fsp3) is 0.364. The van der Waals surface area contributed by atoms with Gasteiger partial charge in [-0.1, -0.05) is 30.3 Å². The van der Waals surface area contributed by atoms with Gasteiger partial charge in [0.25, 0.3) is 0 Å². The van der Waals surface area contributed by atoms with E-state index in [4.69, 9.17) is 10.8 Å². The third-order valence-corrected chi connectivity index (χ3v) is 2.30. The van der Waals surface area contributed by atoms with E-state index in [-0.39, 0.29) is 6.54 Å². The van der Waals surface area contributed by atoms with Crippen molar-refractivity contribution in [3.05, 3.63) is 35.9 Å². The minimum Gasteiger partial charge on any atom is -0.465 e. The molecule has 0 bridgehead atoms. The van der Waals surface area contributed by atoms with Crippen molar-refractivity contribution in [1.82, 2.24) is 5.32 Å². The first-order valence-electron chi connectivity index (χ1n) is 4.81. The van der Waals surface area contributed by atoms with Gasteiger partial charge in [0.05, 0.1) is 5.54 Å². The van der Waals surface area contributed by atoms with Crippen molar-refractivity contribution in [2.75, 3.05) is 6.54 Å². The summed E-state index contributed by atoms with van der Waals surface area (Å²) in [5.74, 6) is 0. The molecule has 0 aliphatic rings. The minimum absolute atomic E-state index is 0.272. The Morgan fingerprint density at radius 2 is 2.07 bits per heavy atom. The van der Waals surface area contributed by atoms with Crippen LogP contribution in [0.3, 0.4) is 0 Å². The van der Waals surface area contributed by atoms with Crippen molar-refractivity contribution in [3.63, 3.8) is 0 Å². The smallest absolute Gasteiger partial charge is 0.405 e. The molecule has 4 nitrogen and oxygen atoms in total. The summed E-state index contributed by atoms with van der Waals surface area (Å²) in [4.78, 5) is 10.6. The van der Waals surface area contributed by atoms with Crippen LogP contribution >= 0.6 is 0 Å². The molecule has 0 spiro atoms. The Bertz CT molecular complexity index is 327. The monoisotopic (exact) mass is 208 g/mol. The molecule has 0 heterocycles. The number of nitrogens with one attached hydrogen (secondary N) is 1. The molecule has 4 heteroatoms. The molecule has 82 valence electrons. The van der Waals surface area contributed by atoms with Gasteiger partial charge in [-0.3, -0.25) is 0 Å². The standard InChI is InChI=1S/C11H16N2O2/c1-11(8-12,13-10(14)15)7-9-5-3-2-4-6-9/h2-6,13H,7-8,12H2,1H3,(H,14,15). The SMILES string of the molecule is CC(CN)(Cc1ccccc1)NC(=O)O. The van der Waals surface area contributed by atoms with Crippen molar-refractivity contribution >= 4 is 6.09 Å². The van der Waals surface area contributed by atoms with Crippen LogP contribution in [-0.4, -0.2) is 23.3 Å². The minimum atomic E-state index is -1.04. The zero-order chi connectivity index (χ0) is 11.3. The van der Waals surface area contributed by atoms with Crippen molar-refractivity contribution in [1.29, 1.82) is 0 Å². The molecule has 1 atom stereocenters. The normalized spacial score (nSPS) is 14.3. The number of rotatable bonds is 4. The van der Waals surface area contributed by atoms with Crippen LogP contribution in [-0.2, 0) is 6.42 Å². The maximum atomic E-state index is 10.6. The van der Waals surface area contributed by atoms with Crippen LogP contribution in [0.4, 0.5) is 4.79 Å². The van der Waals surface area contributed by atoms with Crippen LogP contribution < -0.4 is 11.1 Å². The van der Waals surface area contributed by atoms with E-state index in [9.17, 15) is 4.79 Å². The van der Waals surface area contributed by atoms with E-state index in [0.717, 1.165) is 5.56 Å². The molecule has 1 unspecified atom stereocenters. The Morgan fingerprint density at radius 1 is 1.47 bits per heavy atom. The highest BCUT2D eigenvalue weighted by atomic mass is 16.4. The van der Waals surface area contributed by atoms with Gasteiger partial charge in [-0.25, -0.2) is 4.79 Å². The second-order valence-corrected chi connectivity index (χ2v) is 3.86. The van der Waals surface area contributed by atoms with Gasteiger partial charge in [0.15, 0.2) is 0 Å². The van der Waals surface area contributed by atoms with Crippen LogP contribution in [0.2, 0.25) is 0 Å². The third kappa shape index (κ3) is 3.59. The van der Waals surface area contributed by atoms with E-state index in [0.29, 0.717) is 6.42 Å². The predicted molar refractivity (Wildman–Crippen MR) is 58.8 cm³/mol. The molecule has 1 aromatic carbocycles. The molecule has 0 radical (unpaired) electrons. The highest BCUT2D eigenvalue weighted by molar-refractivity contribution is 5.65. The lowest BCUT2D eigenvalue weighted by atomic mass is 9.93. The quantitative estimate of drug-likeness (QED) is 0.696. The summed E-state index contributed by atoms with van der Waals surface area (Å²) in [7, 11) is 0. The molecule has 0 saturated heterocycles. The lowest BCUT2D eigenvalue weighted by Gasteiger charge is -2.27. The lowest BCUT2D eigenvalue weighted by Crippen LogP contribution is -2.52. The molecule has 0 saturated carbocycles. The van der Waals surface area contributed by atoms with Gasteiger partial charge >= 0.3 is 6.09 Å². The van der Waals surface area contributed by atoms with Crippen LogP contribution in [0.5, 0.6) is 0 Å². The number of benzene rings is 1. The molecule has 1 aromatic rings. The van der Waals surface area contributed by atoms with Crippen LogP contribution in [0.1, 0.15) is 12.5 Å². The first-order valence-corrected chi connectivity index (χ1v) is 4.81. The van der Waals surface area contributed by atoms with Crippen molar-refractivity contribution < 1.29 is 9.90 Å². The van der Waals surface area contributed by atoms with Crippen LogP contribution in [0.25, 0.3) is 0 Å². The highest BCUT2D eigenvalue weighted by Crippen LogP contribution is 2.11. The topological polar surface area (TPSA) is 75.3 Å². The largest absolute Gasteiger partial charge is 0.465 e. The molecule has 0 aliphatic carbocycles. The Kier molecular flexibility index (Phi) is 3.68. The van der Waals surface area contributed by atoms with Gasteiger partial charge < -0.3 is 16.2 Å². The summed E-state index contributed by atoms with van der Waals surface area (Å²) in [5.41, 5.74) is 6.04. The maximum Gasteiger partial charge on any atom is 0.405 e. The molecule has 4 N–H and O–H groups in total. The van der Waals surface area contributed by atoms with E-state index < -0.39 is 11.6 Å². The van der Waals surface area contributed by atoms with Gasteiger partial charge in [-0.2, -0.15) is 0 Å². The molecular formula is C11H16N2O2. The van der Waals surface area contributed by atoms with Crippen molar-refractivity contribution in [2.24, 2.45) is 5.73 Å². The van der Waals surface area contributed by atoms with Gasteiger partial charge in [-0.15, -0.1) is 0 Å². The zero-order valence-electron chi connectivity index (χ0n) is 8.73. The van der Waals surface area contributed by atoms with E-state index in [1.54, 1.807) is 6.92 Å². The molecular weight excluding hydrogens is 192 g/mol. The zero-order valence-corrected chi connectivity index (χ0v) is 8.73. The number of hydrogen-bond donors (Lipinski definition) is 3. The van der Waals surface area contributed by atoms with Gasteiger partial charge in [0, 0.05) is 6.54 Å². The molecule has 0 aliphatic heterocycles. The number of hydrogen-bond acceptors (Lipinski definition) is 2. The first-order chi connectivity index (χ1) is 7.06.